The number of furan rings is 1. The number of ether oxygens (including phenoxy) is 1. The van der Waals surface area contributed by atoms with E-state index in [0.29, 0.717) is 81.7 Å². The molecule has 15 heteroatoms. The number of piperidine rings is 1. The molecule has 0 aliphatic carbocycles. The smallest absolute Gasteiger partial charge is 0.451 e. The van der Waals surface area contributed by atoms with Crippen molar-refractivity contribution < 1.29 is 44.7 Å². The van der Waals surface area contributed by atoms with Gasteiger partial charge in [-0.2, -0.15) is 17.6 Å². The summed E-state index contributed by atoms with van der Waals surface area (Å²) in [5.74, 6) is -0.653. The van der Waals surface area contributed by atoms with Gasteiger partial charge in [-0.15, -0.1) is 0 Å². The summed E-state index contributed by atoms with van der Waals surface area (Å²) in [5.41, 5.74) is 2.80. The zero-order valence-electron chi connectivity index (χ0n) is 27.9. The van der Waals surface area contributed by atoms with Crippen LogP contribution < -0.4 is 10.1 Å². The molecule has 2 amide bonds. The van der Waals surface area contributed by atoms with Crippen molar-refractivity contribution in [2.24, 2.45) is 0 Å². The summed E-state index contributed by atoms with van der Waals surface area (Å²) in [7, 11) is -3.25. The molecule has 2 saturated heterocycles. The van der Waals surface area contributed by atoms with Gasteiger partial charge >= 0.3 is 12.5 Å². The molecule has 0 unspecified atom stereocenters. The Bertz CT molecular complexity index is 1960. The van der Waals surface area contributed by atoms with Crippen LogP contribution in [-0.2, 0) is 22.9 Å². The van der Waals surface area contributed by atoms with E-state index in [0.717, 1.165) is 11.1 Å². The van der Waals surface area contributed by atoms with Gasteiger partial charge in [-0.1, -0.05) is 24.3 Å². The first kappa shape index (κ1) is 36.3. The number of carbonyl (C=O) groups excluding carboxylic acids is 2. The maximum atomic E-state index is 13.4. The van der Waals surface area contributed by atoms with Crippen LogP contribution in [0.5, 0.6) is 5.75 Å². The zero-order chi connectivity index (χ0) is 36.3. The molecule has 1 aromatic heterocycles. The Morgan fingerprint density at radius 3 is 2.04 bits per heavy atom. The predicted octanol–water partition coefficient (Wildman–Crippen LogP) is 5.43. The Hall–Kier alpha value is -4.47. The normalized spacial score (nSPS) is 16.9. The van der Waals surface area contributed by atoms with Gasteiger partial charge in [-0.3, -0.25) is 19.4 Å². The highest BCUT2D eigenvalue weighted by Crippen LogP contribution is 2.28. The highest BCUT2D eigenvalue weighted by Gasteiger charge is 2.44. The van der Waals surface area contributed by atoms with E-state index in [9.17, 15) is 35.6 Å². The summed E-state index contributed by atoms with van der Waals surface area (Å²) in [6.07, 6.45) is -5.95. The van der Waals surface area contributed by atoms with Gasteiger partial charge in [0.05, 0.1) is 4.90 Å². The van der Waals surface area contributed by atoms with Crippen molar-refractivity contribution >= 4 is 32.6 Å². The van der Waals surface area contributed by atoms with Gasteiger partial charge in [0.2, 0.25) is 0 Å². The Morgan fingerprint density at radius 2 is 1.45 bits per heavy atom. The van der Waals surface area contributed by atoms with E-state index in [1.807, 2.05) is 12.1 Å². The number of piperazine rings is 1. The van der Waals surface area contributed by atoms with Gasteiger partial charge in [0.25, 0.3) is 11.8 Å². The van der Waals surface area contributed by atoms with Gasteiger partial charge in [0.1, 0.15) is 11.3 Å². The molecule has 2 fully saturated rings. The number of halogens is 4. The minimum Gasteiger partial charge on any atom is -0.451 e. The summed E-state index contributed by atoms with van der Waals surface area (Å²) in [6.45, 7) is 4.96. The summed E-state index contributed by atoms with van der Waals surface area (Å²) >= 11 is 0. The van der Waals surface area contributed by atoms with E-state index in [4.69, 9.17) is 4.42 Å². The predicted molar refractivity (Wildman–Crippen MR) is 181 cm³/mol. The molecule has 272 valence electrons. The number of carbonyl (C=O) groups is 2. The van der Waals surface area contributed by atoms with Crippen LogP contribution in [0.3, 0.4) is 0 Å². The van der Waals surface area contributed by atoms with E-state index in [1.54, 1.807) is 53.4 Å². The lowest BCUT2D eigenvalue weighted by molar-refractivity contribution is -0.253. The van der Waals surface area contributed by atoms with E-state index in [2.05, 4.69) is 19.9 Å². The lowest BCUT2D eigenvalue weighted by Gasteiger charge is -2.34. The molecule has 2 aliphatic rings. The summed E-state index contributed by atoms with van der Waals surface area (Å²) in [6, 6.07) is 19.1. The molecule has 3 heterocycles. The maximum absolute atomic E-state index is 13.4. The topological polar surface area (TPSA) is 112 Å². The molecule has 6 rings (SSSR count). The lowest BCUT2D eigenvalue weighted by atomic mass is 10.0. The average Bonchev–Trinajstić information content (AvgIpc) is 3.54. The molecular weight excluding hydrogens is 692 g/mol. The maximum Gasteiger partial charge on any atom is 0.461 e. The third-order valence-electron chi connectivity index (χ3n) is 9.16. The second kappa shape index (κ2) is 15.0. The SMILES string of the molecule is CS(=O)(=O)c1ccc(CN2CCN(C(=O)c3ccc4oc(C(=O)NC5CCN(Cc6ccc(OC(F)(F)C(F)F)cc6)CC5)cc4c3)CC2)cc1. The Morgan fingerprint density at radius 1 is 0.863 bits per heavy atom. The molecule has 0 bridgehead atoms. The van der Waals surface area contributed by atoms with Gasteiger partial charge in [0, 0.05) is 75.6 Å². The molecule has 0 atom stereocenters. The van der Waals surface area contributed by atoms with Crippen LogP contribution in [0.1, 0.15) is 44.9 Å². The number of alkyl halides is 4. The summed E-state index contributed by atoms with van der Waals surface area (Å²) in [4.78, 5) is 32.9. The van der Waals surface area contributed by atoms with Crippen LogP contribution >= 0.6 is 0 Å². The number of hydrogen-bond acceptors (Lipinski definition) is 8. The Kier molecular flexibility index (Phi) is 10.7. The molecule has 0 radical (unpaired) electrons. The second-order valence-electron chi connectivity index (χ2n) is 13.0. The third-order valence-corrected chi connectivity index (χ3v) is 10.3. The van der Waals surface area contributed by atoms with Crippen molar-refractivity contribution in [3.8, 4) is 5.75 Å². The number of likely N-dealkylation sites (tertiary alicyclic amines) is 1. The van der Waals surface area contributed by atoms with E-state index in [1.165, 1.54) is 18.4 Å². The van der Waals surface area contributed by atoms with Gasteiger partial charge in [0.15, 0.2) is 15.6 Å². The van der Waals surface area contributed by atoms with Crippen LogP contribution in [0.2, 0.25) is 0 Å². The molecule has 0 saturated carbocycles. The quantitative estimate of drug-likeness (QED) is 0.204. The first-order valence-electron chi connectivity index (χ1n) is 16.5. The number of benzene rings is 3. The van der Waals surface area contributed by atoms with Crippen molar-refractivity contribution in [1.82, 2.24) is 20.0 Å². The van der Waals surface area contributed by atoms with Gasteiger partial charge in [-0.25, -0.2) is 8.42 Å². The highest BCUT2D eigenvalue weighted by molar-refractivity contribution is 7.90. The fourth-order valence-electron chi connectivity index (χ4n) is 6.29. The first-order valence-corrected chi connectivity index (χ1v) is 18.4. The highest BCUT2D eigenvalue weighted by atomic mass is 32.2. The second-order valence-corrected chi connectivity index (χ2v) is 15.0. The van der Waals surface area contributed by atoms with Crippen LogP contribution in [0.25, 0.3) is 11.0 Å². The lowest BCUT2D eigenvalue weighted by Crippen LogP contribution is -2.48. The van der Waals surface area contributed by atoms with Crippen LogP contribution in [0.4, 0.5) is 17.6 Å². The van der Waals surface area contributed by atoms with Crippen LogP contribution in [0.15, 0.2) is 82.1 Å². The first-order chi connectivity index (χ1) is 24.2. The average molecular weight is 731 g/mol. The fraction of sp³-hybridized carbons (Fsp3) is 0.389. The number of fused-ring (bicyclic) bond motifs is 1. The Labute approximate surface area is 292 Å². The van der Waals surface area contributed by atoms with Crippen LogP contribution in [-0.4, -0.2) is 99.0 Å². The molecule has 1 N–H and O–H groups in total. The van der Waals surface area contributed by atoms with Crippen molar-refractivity contribution in [2.75, 3.05) is 45.5 Å². The monoisotopic (exact) mass is 730 g/mol. The van der Waals surface area contributed by atoms with Crippen molar-refractivity contribution in [3.63, 3.8) is 0 Å². The Balaban J connectivity index is 0.961. The molecular formula is C36H38F4N4O6S. The number of rotatable bonds is 11. The van der Waals surface area contributed by atoms with E-state index in [-0.39, 0.29) is 34.3 Å². The van der Waals surface area contributed by atoms with E-state index < -0.39 is 22.4 Å². The molecule has 2 aliphatic heterocycles. The minimum atomic E-state index is -4.56. The van der Waals surface area contributed by atoms with Crippen molar-refractivity contribution in [2.45, 2.75) is 49.4 Å². The summed E-state index contributed by atoms with van der Waals surface area (Å²) in [5, 5.41) is 3.67. The molecule has 4 aromatic rings. The molecule has 10 nitrogen and oxygen atoms in total. The number of nitrogens with zero attached hydrogens (tertiary/aromatic N) is 3. The van der Waals surface area contributed by atoms with Crippen LogP contribution in [0, 0.1) is 0 Å². The van der Waals surface area contributed by atoms with Crippen molar-refractivity contribution in [1.29, 1.82) is 0 Å². The zero-order valence-corrected chi connectivity index (χ0v) is 28.7. The minimum absolute atomic E-state index is 0.0861. The fourth-order valence-corrected chi connectivity index (χ4v) is 6.93. The number of nitrogens with one attached hydrogen (secondary N) is 1. The molecule has 3 aromatic carbocycles. The molecule has 51 heavy (non-hydrogen) atoms. The van der Waals surface area contributed by atoms with Crippen molar-refractivity contribution in [3.05, 3.63) is 95.2 Å². The third kappa shape index (κ3) is 9.07. The van der Waals surface area contributed by atoms with E-state index >= 15 is 0 Å². The standard InChI is InChI=1S/C36H38F4N4O6S/c1-51(47,48)30-9-4-25(5-10-30)23-43-16-18-44(19-17-43)34(46)26-6-11-31-27(20-26)21-32(49-31)33(45)41-28-12-14-42(15-13-28)22-24-2-7-29(8-3-24)50-36(39,40)35(37)38/h2-11,20-21,28,35H,12-19,22-23H2,1H3,(H,41,45). The molecule has 0 spiro atoms. The summed E-state index contributed by atoms with van der Waals surface area (Å²) < 4.78 is 84.4. The van der Waals surface area contributed by atoms with Gasteiger partial charge < -0.3 is 19.4 Å². The van der Waals surface area contributed by atoms with Gasteiger partial charge in [-0.05, 0) is 72.5 Å². The largest absolute Gasteiger partial charge is 0.461 e. The number of sulfone groups is 1. The number of amides is 2. The number of hydrogen-bond donors (Lipinski definition) is 1.